The average molecular weight is 365 g/mol. The summed E-state index contributed by atoms with van der Waals surface area (Å²) in [6.45, 7) is 2.88. The minimum Gasteiger partial charge on any atom is -0.441 e. The maximum absolute atomic E-state index is 13.9. The van der Waals surface area contributed by atoms with E-state index in [1.165, 1.54) is 6.07 Å². The molecule has 0 radical (unpaired) electrons. The van der Waals surface area contributed by atoms with Crippen LogP contribution in [0.1, 0.15) is 17.9 Å². The van der Waals surface area contributed by atoms with E-state index in [1.807, 2.05) is 37.3 Å². The molecule has 1 saturated heterocycles. The van der Waals surface area contributed by atoms with Crippen molar-refractivity contribution in [2.24, 2.45) is 0 Å². The van der Waals surface area contributed by atoms with Gasteiger partial charge in [-0.1, -0.05) is 30.3 Å². The number of hydrogen-bond donors (Lipinski definition) is 1. The Kier molecular flexibility index (Phi) is 4.73. The summed E-state index contributed by atoms with van der Waals surface area (Å²) in [5, 5.41) is 3.37. The number of hydrogen-bond acceptors (Lipinski definition) is 4. The van der Waals surface area contributed by atoms with Crippen LogP contribution in [0.15, 0.2) is 59.0 Å². The Morgan fingerprint density at radius 1 is 1.19 bits per heavy atom. The minimum atomic E-state index is -0.363. The second-order valence-electron chi connectivity index (χ2n) is 6.62. The standard InChI is InChI=1S/C21H20FN3O2/c1-14-19(24-21(27-14)17-9-5-6-10-18(17)22)12-23-15-11-20(26)25(13-15)16-7-3-2-4-8-16/h2-10,15,23H,11-13H2,1H3/t15-/m0/s1. The highest BCUT2D eigenvalue weighted by Gasteiger charge is 2.30. The van der Waals surface area contributed by atoms with Gasteiger partial charge in [0.1, 0.15) is 11.6 Å². The number of nitrogens with one attached hydrogen (secondary N) is 1. The van der Waals surface area contributed by atoms with Gasteiger partial charge >= 0.3 is 0 Å². The fraction of sp³-hybridized carbons (Fsp3) is 0.238. The molecule has 4 rings (SSSR count). The first-order valence-corrected chi connectivity index (χ1v) is 8.92. The molecule has 1 N–H and O–H groups in total. The predicted molar refractivity (Wildman–Crippen MR) is 101 cm³/mol. The Morgan fingerprint density at radius 3 is 2.70 bits per heavy atom. The number of aryl methyl sites for hydroxylation is 1. The van der Waals surface area contributed by atoms with Gasteiger partial charge in [0.2, 0.25) is 11.8 Å². The highest BCUT2D eigenvalue weighted by Crippen LogP contribution is 2.25. The van der Waals surface area contributed by atoms with Crippen molar-refractivity contribution in [2.75, 3.05) is 11.4 Å². The van der Waals surface area contributed by atoms with Gasteiger partial charge in [0.25, 0.3) is 0 Å². The summed E-state index contributed by atoms with van der Waals surface area (Å²) in [6.07, 6.45) is 0.436. The molecule has 1 aromatic heterocycles. The van der Waals surface area contributed by atoms with Crippen molar-refractivity contribution in [1.29, 1.82) is 0 Å². The van der Waals surface area contributed by atoms with Gasteiger partial charge in [-0.2, -0.15) is 0 Å². The lowest BCUT2D eigenvalue weighted by Gasteiger charge is -2.16. The zero-order chi connectivity index (χ0) is 18.8. The topological polar surface area (TPSA) is 58.4 Å². The summed E-state index contributed by atoms with van der Waals surface area (Å²) >= 11 is 0. The first kappa shape index (κ1) is 17.4. The van der Waals surface area contributed by atoms with E-state index in [9.17, 15) is 9.18 Å². The predicted octanol–water partition coefficient (Wildman–Crippen LogP) is 3.68. The number of carbonyl (C=O) groups excluding carboxylic acids is 1. The monoisotopic (exact) mass is 365 g/mol. The summed E-state index contributed by atoms with van der Waals surface area (Å²) in [4.78, 5) is 18.5. The van der Waals surface area contributed by atoms with Crippen LogP contribution in [0, 0.1) is 12.7 Å². The molecule has 3 aromatic rings. The van der Waals surface area contributed by atoms with E-state index in [0.29, 0.717) is 30.8 Å². The van der Waals surface area contributed by atoms with E-state index in [2.05, 4.69) is 10.3 Å². The summed E-state index contributed by atoms with van der Waals surface area (Å²) in [5.41, 5.74) is 1.98. The minimum absolute atomic E-state index is 0.0331. The van der Waals surface area contributed by atoms with E-state index in [0.717, 1.165) is 11.4 Å². The number of oxazole rings is 1. The molecule has 1 amide bonds. The fourth-order valence-corrected chi connectivity index (χ4v) is 3.28. The Balaban J connectivity index is 1.43. The van der Waals surface area contributed by atoms with Gasteiger partial charge in [0.05, 0.1) is 11.3 Å². The van der Waals surface area contributed by atoms with Crippen molar-refractivity contribution in [1.82, 2.24) is 10.3 Å². The molecule has 27 heavy (non-hydrogen) atoms. The number of para-hydroxylation sites is 1. The Labute approximate surface area is 156 Å². The molecule has 0 saturated carbocycles. The highest BCUT2D eigenvalue weighted by atomic mass is 19.1. The molecule has 1 aliphatic rings. The zero-order valence-electron chi connectivity index (χ0n) is 15.0. The number of nitrogens with zero attached hydrogens (tertiary/aromatic N) is 2. The molecule has 2 heterocycles. The third-order valence-corrected chi connectivity index (χ3v) is 4.75. The maximum atomic E-state index is 13.9. The molecule has 0 unspecified atom stereocenters. The number of halogens is 1. The van der Waals surface area contributed by atoms with Crippen molar-refractivity contribution >= 4 is 11.6 Å². The Morgan fingerprint density at radius 2 is 1.93 bits per heavy atom. The summed E-state index contributed by atoms with van der Waals surface area (Å²) < 4.78 is 19.6. The number of aromatic nitrogens is 1. The van der Waals surface area contributed by atoms with Crippen LogP contribution in [0.2, 0.25) is 0 Å². The molecular formula is C21H20FN3O2. The van der Waals surface area contributed by atoms with Gasteiger partial charge in [-0.3, -0.25) is 4.79 Å². The van der Waals surface area contributed by atoms with Crippen LogP contribution in [0.25, 0.3) is 11.5 Å². The van der Waals surface area contributed by atoms with Crippen LogP contribution < -0.4 is 10.2 Å². The van der Waals surface area contributed by atoms with Gasteiger partial charge in [-0.25, -0.2) is 9.37 Å². The van der Waals surface area contributed by atoms with Crippen LogP contribution >= 0.6 is 0 Å². The second kappa shape index (κ2) is 7.32. The largest absolute Gasteiger partial charge is 0.441 e. The van der Waals surface area contributed by atoms with Crippen molar-refractivity contribution in [2.45, 2.75) is 25.9 Å². The van der Waals surface area contributed by atoms with Crippen LogP contribution in [0.4, 0.5) is 10.1 Å². The van der Waals surface area contributed by atoms with E-state index < -0.39 is 0 Å². The lowest BCUT2D eigenvalue weighted by atomic mass is 10.2. The third kappa shape index (κ3) is 3.61. The molecule has 1 aliphatic heterocycles. The molecule has 5 nitrogen and oxygen atoms in total. The summed E-state index contributed by atoms with van der Waals surface area (Å²) in [7, 11) is 0. The molecular weight excluding hydrogens is 345 g/mol. The summed E-state index contributed by atoms with van der Waals surface area (Å²) in [6, 6.07) is 16.1. The quantitative estimate of drug-likeness (QED) is 0.749. The lowest BCUT2D eigenvalue weighted by molar-refractivity contribution is -0.117. The van der Waals surface area contributed by atoms with Crippen molar-refractivity contribution < 1.29 is 13.6 Å². The molecule has 1 atom stereocenters. The SMILES string of the molecule is Cc1oc(-c2ccccc2F)nc1CN[C@H]1CC(=O)N(c2ccccc2)C1. The second-order valence-corrected chi connectivity index (χ2v) is 6.62. The molecule has 0 spiro atoms. The van der Waals surface area contributed by atoms with Gasteiger partial charge in [-0.15, -0.1) is 0 Å². The van der Waals surface area contributed by atoms with Crippen LogP contribution in [0.5, 0.6) is 0 Å². The normalized spacial score (nSPS) is 16.9. The number of carbonyl (C=O) groups is 1. The summed E-state index contributed by atoms with van der Waals surface area (Å²) in [5.74, 6) is 0.654. The van der Waals surface area contributed by atoms with E-state index >= 15 is 0 Å². The molecule has 2 aromatic carbocycles. The molecule has 1 fully saturated rings. The third-order valence-electron chi connectivity index (χ3n) is 4.75. The molecule has 138 valence electrons. The maximum Gasteiger partial charge on any atom is 0.229 e. The molecule has 0 aliphatic carbocycles. The van der Waals surface area contributed by atoms with E-state index in [-0.39, 0.29) is 23.7 Å². The smallest absolute Gasteiger partial charge is 0.229 e. The zero-order valence-corrected chi connectivity index (χ0v) is 15.0. The van der Waals surface area contributed by atoms with Crippen LogP contribution in [0.3, 0.4) is 0 Å². The van der Waals surface area contributed by atoms with Gasteiger partial charge in [0.15, 0.2) is 0 Å². The molecule has 0 bridgehead atoms. The molecule has 6 heteroatoms. The van der Waals surface area contributed by atoms with Gasteiger partial charge < -0.3 is 14.6 Å². The Hall–Kier alpha value is -2.99. The highest BCUT2D eigenvalue weighted by molar-refractivity contribution is 5.96. The lowest BCUT2D eigenvalue weighted by Crippen LogP contribution is -2.32. The van der Waals surface area contributed by atoms with Crippen LogP contribution in [-0.4, -0.2) is 23.5 Å². The average Bonchev–Trinajstić information content (AvgIpc) is 3.23. The van der Waals surface area contributed by atoms with E-state index in [4.69, 9.17) is 4.42 Å². The van der Waals surface area contributed by atoms with Crippen molar-refractivity contribution in [3.05, 3.63) is 71.9 Å². The Bertz CT molecular complexity index is 955. The van der Waals surface area contributed by atoms with Gasteiger partial charge in [0, 0.05) is 31.2 Å². The van der Waals surface area contributed by atoms with Crippen LogP contribution in [-0.2, 0) is 11.3 Å². The van der Waals surface area contributed by atoms with E-state index in [1.54, 1.807) is 23.1 Å². The fourth-order valence-electron chi connectivity index (χ4n) is 3.28. The van der Waals surface area contributed by atoms with Gasteiger partial charge in [-0.05, 0) is 31.2 Å². The number of benzene rings is 2. The number of anilines is 1. The van der Waals surface area contributed by atoms with Crippen molar-refractivity contribution in [3.63, 3.8) is 0 Å². The number of amides is 1. The first-order valence-electron chi connectivity index (χ1n) is 8.92. The number of rotatable bonds is 5. The van der Waals surface area contributed by atoms with Crippen molar-refractivity contribution in [3.8, 4) is 11.5 Å². The first-order chi connectivity index (χ1) is 13.1.